The quantitative estimate of drug-likeness (QED) is 0.754. The van der Waals surface area contributed by atoms with E-state index in [1.54, 1.807) is 6.20 Å². The number of benzene rings is 1. The number of fused-ring (bicyclic) bond motifs is 1. The summed E-state index contributed by atoms with van der Waals surface area (Å²) in [6, 6.07) is 7.41. The Hall–Kier alpha value is -3.20. The van der Waals surface area contributed by atoms with Crippen LogP contribution >= 0.6 is 11.3 Å². The number of amides is 1. The van der Waals surface area contributed by atoms with Crippen LogP contribution in [0, 0.1) is 6.92 Å². The van der Waals surface area contributed by atoms with Gasteiger partial charge in [0.15, 0.2) is 11.5 Å². The fourth-order valence-electron chi connectivity index (χ4n) is 2.55. The Morgan fingerprint density at radius 3 is 2.88 bits per heavy atom. The Morgan fingerprint density at radius 2 is 2.08 bits per heavy atom. The molecule has 132 valence electrons. The van der Waals surface area contributed by atoms with Crippen molar-refractivity contribution in [3.8, 4) is 27.8 Å². The summed E-state index contributed by atoms with van der Waals surface area (Å²) in [4.78, 5) is 17.0. The molecule has 1 aromatic carbocycles. The van der Waals surface area contributed by atoms with E-state index in [4.69, 9.17) is 14.2 Å². The summed E-state index contributed by atoms with van der Waals surface area (Å²) in [5.41, 5.74) is 2.79. The smallest absolute Gasteiger partial charge is 0.295 e. The minimum absolute atomic E-state index is 0.195. The van der Waals surface area contributed by atoms with E-state index in [0.717, 1.165) is 28.2 Å². The topological polar surface area (TPSA) is 95.5 Å². The molecule has 0 unspecified atom stereocenters. The van der Waals surface area contributed by atoms with Crippen LogP contribution in [0.3, 0.4) is 0 Å². The molecule has 0 spiro atoms. The highest BCUT2D eigenvalue weighted by molar-refractivity contribution is 7.17. The minimum Gasteiger partial charge on any atom is -0.472 e. The van der Waals surface area contributed by atoms with Crippen molar-refractivity contribution in [1.82, 2.24) is 15.2 Å². The molecule has 9 heteroatoms. The number of ether oxygens (including phenoxy) is 3. The lowest BCUT2D eigenvalue weighted by Gasteiger charge is -2.10. The van der Waals surface area contributed by atoms with Crippen LogP contribution in [0.5, 0.6) is 16.7 Å². The molecule has 0 aliphatic carbocycles. The molecular formula is C17H14N4O4S. The van der Waals surface area contributed by atoms with Gasteiger partial charge in [-0.1, -0.05) is 11.2 Å². The summed E-state index contributed by atoms with van der Waals surface area (Å²) in [5, 5.41) is 11.1. The minimum atomic E-state index is -0.330. The normalized spacial score (nSPS) is 12.1. The fraction of sp³-hybridized carbons (Fsp3) is 0.176. The van der Waals surface area contributed by atoms with Crippen molar-refractivity contribution in [2.75, 3.05) is 19.2 Å². The average Bonchev–Trinajstić information content (AvgIpc) is 3.29. The Bertz CT molecular complexity index is 989. The van der Waals surface area contributed by atoms with E-state index in [-0.39, 0.29) is 12.7 Å². The molecule has 1 N–H and O–H groups in total. The highest BCUT2D eigenvalue weighted by atomic mass is 32.1. The van der Waals surface area contributed by atoms with E-state index in [0.29, 0.717) is 27.4 Å². The number of pyridine rings is 1. The van der Waals surface area contributed by atoms with Gasteiger partial charge in [0.05, 0.1) is 12.7 Å². The first-order chi connectivity index (χ1) is 12.6. The maximum absolute atomic E-state index is 12.7. The average molecular weight is 370 g/mol. The van der Waals surface area contributed by atoms with E-state index in [1.165, 1.54) is 7.11 Å². The van der Waals surface area contributed by atoms with Gasteiger partial charge in [0.1, 0.15) is 0 Å². The lowest BCUT2D eigenvalue weighted by Crippen LogP contribution is -2.13. The number of rotatable bonds is 4. The number of carbonyl (C=O) groups excluding carboxylic acids is 1. The first kappa shape index (κ1) is 16.3. The van der Waals surface area contributed by atoms with Crippen LogP contribution < -0.4 is 19.5 Å². The Balaban J connectivity index is 1.69. The molecule has 0 saturated heterocycles. The van der Waals surface area contributed by atoms with Crippen LogP contribution in [0.25, 0.3) is 11.1 Å². The molecule has 1 amide bonds. The molecule has 0 bridgehead atoms. The summed E-state index contributed by atoms with van der Waals surface area (Å²) in [6.45, 7) is 2.06. The number of hydrogen-bond acceptors (Lipinski definition) is 8. The van der Waals surface area contributed by atoms with Gasteiger partial charge < -0.3 is 14.2 Å². The molecule has 0 radical (unpaired) electrons. The molecule has 8 nitrogen and oxygen atoms in total. The van der Waals surface area contributed by atoms with Crippen molar-refractivity contribution < 1.29 is 19.0 Å². The predicted molar refractivity (Wildman–Crippen MR) is 94.9 cm³/mol. The third kappa shape index (κ3) is 3.04. The first-order valence-electron chi connectivity index (χ1n) is 7.69. The van der Waals surface area contributed by atoms with Gasteiger partial charge in [-0.15, -0.1) is 5.10 Å². The maximum Gasteiger partial charge on any atom is 0.295 e. The van der Waals surface area contributed by atoms with Crippen LogP contribution in [-0.4, -0.2) is 35.0 Å². The number of nitrogens with one attached hydrogen (secondary N) is 1. The second-order valence-corrected chi connectivity index (χ2v) is 6.41. The summed E-state index contributed by atoms with van der Waals surface area (Å²) in [5.74, 6) is 1.01. The van der Waals surface area contributed by atoms with E-state index in [2.05, 4.69) is 20.5 Å². The van der Waals surface area contributed by atoms with Crippen molar-refractivity contribution in [3.05, 3.63) is 41.7 Å². The van der Waals surface area contributed by atoms with Gasteiger partial charge in [0, 0.05) is 11.9 Å². The molecule has 1 aliphatic rings. The van der Waals surface area contributed by atoms with Gasteiger partial charge in [-0.05, 0) is 47.6 Å². The van der Waals surface area contributed by atoms with Gasteiger partial charge in [-0.25, -0.2) is 0 Å². The number of nitrogens with zero attached hydrogens (tertiary/aromatic N) is 3. The molecule has 26 heavy (non-hydrogen) atoms. The van der Waals surface area contributed by atoms with Gasteiger partial charge in [-0.3, -0.25) is 15.1 Å². The van der Waals surface area contributed by atoms with Crippen LogP contribution in [0.4, 0.5) is 5.13 Å². The maximum atomic E-state index is 12.7. The standard InChI is InChI=1S/C17H14N4O4S/c1-9-5-11(10-3-4-13-14(6-10)25-8-24-13)12(7-18-9)15(22)19-16-20-21-17(23-2)26-16/h3-7H,8H2,1-2H3,(H,19,20,22). The lowest BCUT2D eigenvalue weighted by atomic mass is 9.99. The summed E-state index contributed by atoms with van der Waals surface area (Å²) in [7, 11) is 1.49. The van der Waals surface area contributed by atoms with E-state index < -0.39 is 0 Å². The van der Waals surface area contributed by atoms with Crippen molar-refractivity contribution in [2.45, 2.75) is 6.92 Å². The molecule has 3 heterocycles. The SMILES string of the molecule is COc1nnc(NC(=O)c2cnc(C)cc2-c2ccc3c(c2)OCO3)s1. The number of aromatic nitrogens is 3. The second-order valence-electron chi connectivity index (χ2n) is 5.47. The van der Waals surface area contributed by atoms with Crippen LogP contribution in [0.15, 0.2) is 30.5 Å². The van der Waals surface area contributed by atoms with Gasteiger partial charge in [0.2, 0.25) is 11.9 Å². The molecule has 2 aromatic heterocycles. The van der Waals surface area contributed by atoms with Crippen molar-refractivity contribution in [1.29, 1.82) is 0 Å². The van der Waals surface area contributed by atoms with Crippen molar-refractivity contribution in [2.24, 2.45) is 0 Å². The predicted octanol–water partition coefficient (Wildman–Crippen LogP) is 2.90. The molecule has 0 saturated carbocycles. The van der Waals surface area contributed by atoms with E-state index in [1.807, 2.05) is 31.2 Å². The van der Waals surface area contributed by atoms with Crippen LogP contribution in [0.2, 0.25) is 0 Å². The summed E-state index contributed by atoms with van der Waals surface area (Å²) in [6.07, 6.45) is 1.54. The molecule has 0 atom stereocenters. The zero-order valence-corrected chi connectivity index (χ0v) is 14.8. The second kappa shape index (κ2) is 6.60. The highest BCUT2D eigenvalue weighted by Crippen LogP contribution is 2.37. The molecule has 0 fully saturated rings. The summed E-state index contributed by atoms with van der Waals surface area (Å²) < 4.78 is 15.8. The number of carbonyl (C=O) groups is 1. The van der Waals surface area contributed by atoms with E-state index >= 15 is 0 Å². The lowest BCUT2D eigenvalue weighted by molar-refractivity contribution is 0.102. The Kier molecular flexibility index (Phi) is 4.13. The van der Waals surface area contributed by atoms with Crippen LogP contribution in [0.1, 0.15) is 16.1 Å². The zero-order chi connectivity index (χ0) is 18.1. The number of anilines is 1. The third-order valence-electron chi connectivity index (χ3n) is 3.77. The van der Waals surface area contributed by atoms with E-state index in [9.17, 15) is 4.79 Å². The van der Waals surface area contributed by atoms with Crippen molar-refractivity contribution >= 4 is 22.4 Å². The molecule has 3 aromatic rings. The largest absolute Gasteiger partial charge is 0.472 e. The highest BCUT2D eigenvalue weighted by Gasteiger charge is 2.19. The van der Waals surface area contributed by atoms with Gasteiger partial charge >= 0.3 is 0 Å². The molecule has 1 aliphatic heterocycles. The zero-order valence-electron chi connectivity index (χ0n) is 14.0. The Morgan fingerprint density at radius 1 is 1.23 bits per heavy atom. The number of hydrogen-bond donors (Lipinski definition) is 1. The number of methoxy groups -OCH3 is 1. The monoisotopic (exact) mass is 370 g/mol. The molecule has 4 rings (SSSR count). The Labute approximate surface area is 152 Å². The van der Waals surface area contributed by atoms with Gasteiger partial charge in [0.25, 0.3) is 11.1 Å². The molecular weight excluding hydrogens is 356 g/mol. The third-order valence-corrected chi connectivity index (χ3v) is 4.57. The van der Waals surface area contributed by atoms with Crippen molar-refractivity contribution in [3.63, 3.8) is 0 Å². The summed E-state index contributed by atoms with van der Waals surface area (Å²) >= 11 is 1.14. The van der Waals surface area contributed by atoms with Crippen LogP contribution in [-0.2, 0) is 0 Å². The van der Waals surface area contributed by atoms with Gasteiger partial charge in [-0.2, -0.15) is 0 Å². The fourth-order valence-corrected chi connectivity index (χ4v) is 3.11. The number of aryl methyl sites for hydroxylation is 1. The first-order valence-corrected chi connectivity index (χ1v) is 8.51.